The summed E-state index contributed by atoms with van der Waals surface area (Å²) < 4.78 is 26.9. The lowest BCUT2D eigenvalue weighted by Gasteiger charge is -2.41. The van der Waals surface area contributed by atoms with Crippen LogP contribution < -0.4 is 5.73 Å². The normalized spacial score (nSPS) is 25.1. The Morgan fingerprint density at radius 1 is 1.19 bits per heavy atom. The molecule has 0 aromatic heterocycles. The highest BCUT2D eigenvalue weighted by Crippen LogP contribution is 2.19. The van der Waals surface area contributed by atoms with Gasteiger partial charge in [0.2, 0.25) is 10.0 Å². The Morgan fingerprint density at radius 3 is 2.33 bits per heavy atom. The lowest BCUT2D eigenvalue weighted by atomic mass is 10.1. The maximum Gasteiger partial charge on any atom is 0.218 e. The Bertz CT molecular complexity index is 576. The summed E-state index contributed by atoms with van der Waals surface area (Å²) in [6, 6.07) is 7.97. The van der Waals surface area contributed by atoms with Crippen LogP contribution in [-0.4, -0.2) is 49.8 Å². The molecule has 1 aliphatic heterocycles. The predicted molar refractivity (Wildman–Crippen MR) is 85.2 cm³/mol. The fourth-order valence-electron chi connectivity index (χ4n) is 2.73. The van der Waals surface area contributed by atoms with Crippen LogP contribution in [0.4, 0.5) is 0 Å². The number of hydrogen-bond donors (Lipinski definition) is 1. The summed E-state index contributed by atoms with van der Waals surface area (Å²) in [5, 5.41) is 0. The molecule has 1 fully saturated rings. The highest BCUT2D eigenvalue weighted by Gasteiger charge is 2.33. The third kappa shape index (κ3) is 3.83. The molecule has 2 N–H and O–H groups in total. The molecule has 0 aliphatic carbocycles. The van der Waals surface area contributed by atoms with Crippen molar-refractivity contribution in [2.45, 2.75) is 38.2 Å². The van der Waals surface area contributed by atoms with E-state index in [0.717, 1.165) is 11.1 Å². The molecule has 118 valence electrons. The molecule has 0 saturated carbocycles. The molecule has 1 aromatic carbocycles. The van der Waals surface area contributed by atoms with Gasteiger partial charge in [-0.1, -0.05) is 24.3 Å². The minimum absolute atomic E-state index is 0.0456. The zero-order valence-corrected chi connectivity index (χ0v) is 13.8. The number of nitrogens with two attached hydrogens (primary N) is 1. The first-order valence-corrected chi connectivity index (χ1v) is 8.92. The Kier molecular flexibility index (Phi) is 5.03. The van der Waals surface area contributed by atoms with Crippen LogP contribution in [0.5, 0.6) is 0 Å². The molecule has 2 atom stereocenters. The standard InChI is InChI=1S/C15H25N3O2S/c1-12-9-18(10-13(2)17(12)3)21(19,20)11-15-6-4-5-14(7-15)8-16/h4-7,12-13H,8-11,16H2,1-3H3. The van der Waals surface area contributed by atoms with Crippen molar-refractivity contribution in [2.24, 2.45) is 5.73 Å². The molecule has 5 nitrogen and oxygen atoms in total. The Morgan fingerprint density at radius 2 is 1.76 bits per heavy atom. The molecule has 1 aliphatic rings. The maximum absolute atomic E-state index is 12.6. The fraction of sp³-hybridized carbons (Fsp3) is 0.600. The van der Waals surface area contributed by atoms with Crippen LogP contribution in [0.3, 0.4) is 0 Å². The summed E-state index contributed by atoms with van der Waals surface area (Å²) in [6.07, 6.45) is 0. The Hall–Kier alpha value is -0.950. The smallest absolute Gasteiger partial charge is 0.218 e. The SMILES string of the molecule is CC1CN(S(=O)(=O)Cc2cccc(CN)c2)CC(C)N1C. The fourth-order valence-corrected chi connectivity index (χ4v) is 4.40. The van der Waals surface area contributed by atoms with Gasteiger partial charge in [-0.25, -0.2) is 8.42 Å². The lowest BCUT2D eigenvalue weighted by molar-refractivity contribution is 0.105. The van der Waals surface area contributed by atoms with Crippen molar-refractivity contribution < 1.29 is 8.42 Å². The van der Waals surface area contributed by atoms with E-state index >= 15 is 0 Å². The zero-order valence-electron chi connectivity index (χ0n) is 13.0. The van der Waals surface area contributed by atoms with Gasteiger partial charge < -0.3 is 5.73 Å². The van der Waals surface area contributed by atoms with Crippen LogP contribution in [-0.2, 0) is 22.3 Å². The van der Waals surface area contributed by atoms with Crippen molar-refractivity contribution in [3.05, 3.63) is 35.4 Å². The van der Waals surface area contributed by atoms with E-state index in [2.05, 4.69) is 18.7 Å². The molecule has 21 heavy (non-hydrogen) atoms. The molecule has 0 amide bonds. The van der Waals surface area contributed by atoms with Gasteiger partial charge in [0, 0.05) is 31.7 Å². The van der Waals surface area contributed by atoms with Crippen LogP contribution in [0.1, 0.15) is 25.0 Å². The first-order chi connectivity index (χ1) is 9.83. The van der Waals surface area contributed by atoms with E-state index in [1.54, 1.807) is 4.31 Å². The van der Waals surface area contributed by atoms with Crippen molar-refractivity contribution in [1.29, 1.82) is 0 Å². The van der Waals surface area contributed by atoms with Crippen LogP contribution in [0.25, 0.3) is 0 Å². The van der Waals surface area contributed by atoms with E-state index in [9.17, 15) is 8.42 Å². The largest absolute Gasteiger partial charge is 0.326 e. The predicted octanol–water partition coefficient (Wildman–Crippen LogP) is 1.000. The number of likely N-dealkylation sites (N-methyl/N-ethyl adjacent to an activating group) is 1. The monoisotopic (exact) mass is 311 g/mol. The molecular formula is C15H25N3O2S. The number of hydrogen-bond acceptors (Lipinski definition) is 4. The first kappa shape index (κ1) is 16.4. The van der Waals surface area contributed by atoms with Gasteiger partial charge in [0.05, 0.1) is 5.75 Å². The number of sulfonamides is 1. The molecule has 0 spiro atoms. The highest BCUT2D eigenvalue weighted by atomic mass is 32.2. The highest BCUT2D eigenvalue weighted by molar-refractivity contribution is 7.88. The lowest BCUT2D eigenvalue weighted by Crippen LogP contribution is -2.56. The van der Waals surface area contributed by atoms with E-state index in [1.807, 2.05) is 31.3 Å². The van der Waals surface area contributed by atoms with Gasteiger partial charge in [-0.05, 0) is 32.0 Å². The minimum Gasteiger partial charge on any atom is -0.326 e. The average Bonchev–Trinajstić information content (AvgIpc) is 2.44. The molecule has 1 saturated heterocycles. The van der Waals surface area contributed by atoms with E-state index in [1.165, 1.54) is 0 Å². The van der Waals surface area contributed by atoms with E-state index in [-0.39, 0.29) is 17.8 Å². The number of piperazine rings is 1. The summed E-state index contributed by atoms with van der Waals surface area (Å²) in [7, 11) is -1.24. The summed E-state index contributed by atoms with van der Waals surface area (Å²) in [5.74, 6) is 0.0456. The Balaban J connectivity index is 2.14. The third-order valence-electron chi connectivity index (χ3n) is 4.30. The number of rotatable bonds is 4. The maximum atomic E-state index is 12.6. The molecule has 0 radical (unpaired) electrons. The quantitative estimate of drug-likeness (QED) is 0.901. The summed E-state index contributed by atoms with van der Waals surface area (Å²) in [4.78, 5) is 2.22. The van der Waals surface area contributed by atoms with Gasteiger partial charge in [0.1, 0.15) is 0 Å². The molecular weight excluding hydrogens is 286 g/mol. The van der Waals surface area contributed by atoms with Crippen LogP contribution >= 0.6 is 0 Å². The second kappa shape index (κ2) is 6.44. The van der Waals surface area contributed by atoms with E-state index in [0.29, 0.717) is 19.6 Å². The topological polar surface area (TPSA) is 66.6 Å². The third-order valence-corrected chi connectivity index (χ3v) is 6.08. The summed E-state index contributed by atoms with van der Waals surface area (Å²) in [6.45, 7) is 5.66. The van der Waals surface area contributed by atoms with Crippen molar-refractivity contribution >= 4 is 10.0 Å². The van der Waals surface area contributed by atoms with Gasteiger partial charge >= 0.3 is 0 Å². The number of nitrogens with zero attached hydrogens (tertiary/aromatic N) is 2. The van der Waals surface area contributed by atoms with Gasteiger partial charge in [-0.3, -0.25) is 4.90 Å². The van der Waals surface area contributed by atoms with Gasteiger partial charge in [0.15, 0.2) is 0 Å². The second-order valence-corrected chi connectivity index (χ2v) is 7.93. The Labute approximate surface area is 127 Å². The van der Waals surface area contributed by atoms with Gasteiger partial charge in [0.25, 0.3) is 0 Å². The van der Waals surface area contributed by atoms with Crippen molar-refractivity contribution in [3.8, 4) is 0 Å². The van der Waals surface area contributed by atoms with Crippen LogP contribution in [0.15, 0.2) is 24.3 Å². The number of benzene rings is 1. The molecule has 6 heteroatoms. The minimum atomic E-state index is -3.28. The average molecular weight is 311 g/mol. The molecule has 2 rings (SSSR count). The summed E-state index contributed by atoms with van der Waals surface area (Å²) in [5.41, 5.74) is 7.38. The van der Waals surface area contributed by atoms with Crippen molar-refractivity contribution in [3.63, 3.8) is 0 Å². The zero-order chi connectivity index (χ0) is 15.6. The molecule has 0 bridgehead atoms. The van der Waals surface area contributed by atoms with E-state index in [4.69, 9.17) is 5.73 Å². The van der Waals surface area contributed by atoms with Crippen LogP contribution in [0.2, 0.25) is 0 Å². The first-order valence-electron chi connectivity index (χ1n) is 7.31. The van der Waals surface area contributed by atoms with E-state index < -0.39 is 10.0 Å². The van der Waals surface area contributed by atoms with Gasteiger partial charge in [-0.15, -0.1) is 0 Å². The summed E-state index contributed by atoms with van der Waals surface area (Å²) >= 11 is 0. The molecule has 2 unspecified atom stereocenters. The van der Waals surface area contributed by atoms with Crippen molar-refractivity contribution in [1.82, 2.24) is 9.21 Å². The van der Waals surface area contributed by atoms with Gasteiger partial charge in [-0.2, -0.15) is 4.31 Å². The van der Waals surface area contributed by atoms with Crippen LogP contribution in [0, 0.1) is 0 Å². The van der Waals surface area contributed by atoms with Crippen molar-refractivity contribution in [2.75, 3.05) is 20.1 Å². The molecule has 1 heterocycles. The second-order valence-electron chi connectivity index (χ2n) is 5.96. The molecule has 1 aromatic rings.